The second-order valence-electron chi connectivity index (χ2n) is 7.42. The van der Waals surface area contributed by atoms with Crippen LogP contribution in [-0.2, 0) is 0 Å². The van der Waals surface area contributed by atoms with Crippen LogP contribution in [0.15, 0.2) is 18.2 Å². The summed E-state index contributed by atoms with van der Waals surface area (Å²) in [7, 11) is 0. The number of rotatable bonds is 4. The fraction of sp³-hybridized carbons (Fsp3) is 0.600. The van der Waals surface area contributed by atoms with E-state index in [-0.39, 0.29) is 23.9 Å². The van der Waals surface area contributed by atoms with E-state index in [2.05, 4.69) is 10.6 Å². The third kappa shape index (κ3) is 4.74. The first-order chi connectivity index (χ1) is 12.1. The molecule has 2 aliphatic carbocycles. The summed E-state index contributed by atoms with van der Waals surface area (Å²) in [5, 5.41) is 6.15. The minimum Gasteiger partial charge on any atom is -0.398 e. The summed E-state index contributed by atoms with van der Waals surface area (Å²) in [5.74, 6) is -0.235. The molecule has 3 rings (SSSR count). The highest BCUT2D eigenvalue weighted by atomic mass is 16.2. The van der Waals surface area contributed by atoms with Crippen molar-refractivity contribution in [2.75, 3.05) is 5.73 Å². The van der Waals surface area contributed by atoms with Crippen LogP contribution in [-0.4, -0.2) is 23.9 Å². The molecule has 0 heterocycles. The predicted molar refractivity (Wildman–Crippen MR) is 99.5 cm³/mol. The van der Waals surface area contributed by atoms with Crippen molar-refractivity contribution in [3.05, 3.63) is 29.3 Å². The zero-order valence-electron chi connectivity index (χ0n) is 14.9. The molecule has 25 heavy (non-hydrogen) atoms. The number of carbonyl (C=O) groups is 2. The zero-order valence-corrected chi connectivity index (χ0v) is 14.9. The summed E-state index contributed by atoms with van der Waals surface area (Å²) in [6.45, 7) is 0. The van der Waals surface area contributed by atoms with Crippen molar-refractivity contribution in [2.24, 2.45) is 0 Å². The lowest BCUT2D eigenvalue weighted by Gasteiger charge is -2.23. The van der Waals surface area contributed by atoms with E-state index in [1.54, 1.807) is 18.2 Å². The Morgan fingerprint density at radius 3 is 1.84 bits per heavy atom. The Labute approximate surface area is 149 Å². The highest BCUT2D eigenvalue weighted by Crippen LogP contribution is 2.21. The number of benzene rings is 1. The summed E-state index contributed by atoms with van der Waals surface area (Å²) in [4.78, 5) is 24.8. The summed E-state index contributed by atoms with van der Waals surface area (Å²) in [6.07, 6.45) is 11.3. The fourth-order valence-corrected chi connectivity index (χ4v) is 3.94. The molecular formula is C20H29N3O2. The van der Waals surface area contributed by atoms with Crippen molar-refractivity contribution in [1.82, 2.24) is 10.6 Å². The van der Waals surface area contributed by atoms with Crippen LogP contribution >= 0.6 is 0 Å². The lowest BCUT2D eigenvalue weighted by atomic mass is 9.95. The zero-order chi connectivity index (χ0) is 17.6. The third-order valence-corrected chi connectivity index (χ3v) is 5.44. The molecule has 5 heteroatoms. The Balaban J connectivity index is 1.61. The first-order valence-electron chi connectivity index (χ1n) is 9.65. The lowest BCUT2D eigenvalue weighted by molar-refractivity contribution is 0.0916. The quantitative estimate of drug-likeness (QED) is 0.733. The fourth-order valence-electron chi connectivity index (χ4n) is 3.94. The Kier molecular flexibility index (Phi) is 5.95. The largest absolute Gasteiger partial charge is 0.398 e. The van der Waals surface area contributed by atoms with E-state index < -0.39 is 0 Å². The van der Waals surface area contributed by atoms with Gasteiger partial charge in [-0.3, -0.25) is 9.59 Å². The molecule has 0 unspecified atom stereocenters. The molecule has 2 saturated carbocycles. The van der Waals surface area contributed by atoms with E-state index in [0.29, 0.717) is 16.8 Å². The minimum absolute atomic E-state index is 0.0992. The molecule has 4 N–H and O–H groups in total. The topological polar surface area (TPSA) is 84.2 Å². The van der Waals surface area contributed by atoms with E-state index in [9.17, 15) is 9.59 Å². The molecule has 0 atom stereocenters. The normalized spacial score (nSPS) is 19.4. The smallest absolute Gasteiger partial charge is 0.253 e. The van der Waals surface area contributed by atoms with Crippen LogP contribution in [0, 0.1) is 0 Å². The number of nitrogens with two attached hydrogens (primary N) is 1. The van der Waals surface area contributed by atoms with Gasteiger partial charge in [-0.15, -0.1) is 0 Å². The number of anilines is 1. The van der Waals surface area contributed by atoms with Crippen LogP contribution in [0.2, 0.25) is 0 Å². The minimum atomic E-state index is -0.136. The molecular weight excluding hydrogens is 314 g/mol. The van der Waals surface area contributed by atoms with Gasteiger partial charge in [0.05, 0.1) is 5.56 Å². The van der Waals surface area contributed by atoms with Gasteiger partial charge in [0, 0.05) is 23.3 Å². The first kappa shape index (κ1) is 17.8. The molecule has 0 aliphatic heterocycles. The SMILES string of the molecule is Nc1cc(C(=O)NC2CCCCC2)ccc1C(=O)NC1CCCCC1. The maximum Gasteiger partial charge on any atom is 0.253 e. The Morgan fingerprint density at radius 1 is 0.800 bits per heavy atom. The monoisotopic (exact) mass is 343 g/mol. The molecule has 0 spiro atoms. The third-order valence-electron chi connectivity index (χ3n) is 5.44. The molecule has 2 amide bonds. The molecule has 2 aliphatic rings. The van der Waals surface area contributed by atoms with E-state index in [1.807, 2.05) is 0 Å². The standard InChI is InChI=1S/C20H29N3O2/c21-18-13-14(19(24)22-15-7-3-1-4-8-15)11-12-17(18)20(25)23-16-9-5-2-6-10-16/h11-13,15-16H,1-10,21H2,(H,22,24)(H,23,25). The van der Waals surface area contributed by atoms with E-state index >= 15 is 0 Å². The second kappa shape index (κ2) is 8.37. The van der Waals surface area contributed by atoms with Gasteiger partial charge in [-0.2, -0.15) is 0 Å². The van der Waals surface area contributed by atoms with Crippen LogP contribution in [0.25, 0.3) is 0 Å². The molecule has 136 valence electrons. The van der Waals surface area contributed by atoms with Crippen molar-refractivity contribution in [1.29, 1.82) is 0 Å². The molecule has 5 nitrogen and oxygen atoms in total. The van der Waals surface area contributed by atoms with Gasteiger partial charge in [0.2, 0.25) is 0 Å². The van der Waals surface area contributed by atoms with Gasteiger partial charge in [-0.05, 0) is 43.9 Å². The average Bonchev–Trinajstić information content (AvgIpc) is 2.63. The van der Waals surface area contributed by atoms with E-state index in [4.69, 9.17) is 5.73 Å². The maximum atomic E-state index is 12.4. The van der Waals surface area contributed by atoms with Crippen molar-refractivity contribution < 1.29 is 9.59 Å². The van der Waals surface area contributed by atoms with Gasteiger partial charge in [-0.25, -0.2) is 0 Å². The van der Waals surface area contributed by atoms with Gasteiger partial charge in [0.1, 0.15) is 0 Å². The van der Waals surface area contributed by atoms with Crippen molar-refractivity contribution >= 4 is 17.5 Å². The van der Waals surface area contributed by atoms with Crippen LogP contribution in [0.3, 0.4) is 0 Å². The van der Waals surface area contributed by atoms with E-state index in [1.165, 1.54) is 38.5 Å². The molecule has 1 aromatic rings. The lowest BCUT2D eigenvalue weighted by Crippen LogP contribution is -2.37. The van der Waals surface area contributed by atoms with Gasteiger partial charge in [-0.1, -0.05) is 38.5 Å². The second-order valence-corrected chi connectivity index (χ2v) is 7.42. The van der Waals surface area contributed by atoms with Crippen LogP contribution < -0.4 is 16.4 Å². The first-order valence-corrected chi connectivity index (χ1v) is 9.65. The van der Waals surface area contributed by atoms with Gasteiger partial charge in [0.25, 0.3) is 11.8 Å². The Hall–Kier alpha value is -2.04. The summed E-state index contributed by atoms with van der Waals surface area (Å²) in [5.41, 5.74) is 7.41. The predicted octanol–water partition coefficient (Wildman–Crippen LogP) is 3.39. The summed E-state index contributed by atoms with van der Waals surface area (Å²) >= 11 is 0. The molecule has 0 radical (unpaired) electrons. The molecule has 0 saturated heterocycles. The van der Waals surface area contributed by atoms with Crippen LogP contribution in [0.4, 0.5) is 5.69 Å². The molecule has 1 aromatic carbocycles. The number of nitrogens with one attached hydrogen (secondary N) is 2. The van der Waals surface area contributed by atoms with Crippen molar-refractivity contribution in [3.8, 4) is 0 Å². The highest BCUT2D eigenvalue weighted by molar-refractivity contribution is 6.02. The number of nitrogen functional groups attached to an aromatic ring is 1. The van der Waals surface area contributed by atoms with Gasteiger partial charge >= 0.3 is 0 Å². The number of hydrogen-bond donors (Lipinski definition) is 3. The van der Waals surface area contributed by atoms with Gasteiger partial charge in [0.15, 0.2) is 0 Å². The number of hydrogen-bond acceptors (Lipinski definition) is 3. The number of amides is 2. The maximum absolute atomic E-state index is 12.4. The number of carbonyl (C=O) groups excluding carboxylic acids is 2. The van der Waals surface area contributed by atoms with Gasteiger partial charge < -0.3 is 16.4 Å². The molecule has 0 aromatic heterocycles. The Bertz CT molecular complexity index is 617. The van der Waals surface area contributed by atoms with E-state index in [0.717, 1.165) is 25.7 Å². The highest BCUT2D eigenvalue weighted by Gasteiger charge is 2.20. The molecule has 0 bridgehead atoms. The Morgan fingerprint density at radius 2 is 1.32 bits per heavy atom. The summed E-state index contributed by atoms with van der Waals surface area (Å²) in [6, 6.07) is 5.49. The van der Waals surface area contributed by atoms with Crippen molar-refractivity contribution in [3.63, 3.8) is 0 Å². The summed E-state index contributed by atoms with van der Waals surface area (Å²) < 4.78 is 0. The van der Waals surface area contributed by atoms with Crippen LogP contribution in [0.5, 0.6) is 0 Å². The average molecular weight is 343 g/mol. The van der Waals surface area contributed by atoms with Crippen molar-refractivity contribution in [2.45, 2.75) is 76.3 Å². The molecule has 2 fully saturated rings. The van der Waals surface area contributed by atoms with Crippen LogP contribution in [0.1, 0.15) is 84.9 Å².